The SMILES string of the molecule is CC(C)Cc1nnc(NC(=O)CCC(=O)N2CCCc3ccccc32)s1. The van der Waals surface area contributed by atoms with Crippen LogP contribution in [0, 0.1) is 5.92 Å². The van der Waals surface area contributed by atoms with E-state index in [0.717, 1.165) is 30.0 Å². The second-order valence-electron chi connectivity index (χ2n) is 6.92. The Morgan fingerprint density at radius 1 is 1.23 bits per heavy atom. The van der Waals surface area contributed by atoms with Crippen molar-refractivity contribution in [3.63, 3.8) is 0 Å². The molecule has 0 radical (unpaired) electrons. The fourth-order valence-electron chi connectivity index (χ4n) is 3.07. The number of nitrogens with zero attached hydrogens (tertiary/aromatic N) is 3. The molecule has 0 aliphatic carbocycles. The Morgan fingerprint density at radius 2 is 2.04 bits per heavy atom. The zero-order chi connectivity index (χ0) is 18.5. The van der Waals surface area contributed by atoms with Crippen molar-refractivity contribution in [1.82, 2.24) is 10.2 Å². The number of benzene rings is 1. The molecular formula is C19H24N4O2S. The van der Waals surface area contributed by atoms with Crippen molar-refractivity contribution < 1.29 is 9.59 Å². The molecule has 0 saturated carbocycles. The van der Waals surface area contributed by atoms with Gasteiger partial charge in [-0.15, -0.1) is 10.2 Å². The Balaban J connectivity index is 1.52. The van der Waals surface area contributed by atoms with Gasteiger partial charge in [-0.3, -0.25) is 9.59 Å². The highest BCUT2D eigenvalue weighted by Gasteiger charge is 2.22. The first-order valence-corrected chi connectivity index (χ1v) is 9.85. The zero-order valence-electron chi connectivity index (χ0n) is 15.2. The minimum absolute atomic E-state index is 0.00920. The van der Waals surface area contributed by atoms with E-state index in [1.165, 1.54) is 16.9 Å². The molecule has 1 aliphatic heterocycles. The van der Waals surface area contributed by atoms with E-state index < -0.39 is 0 Å². The summed E-state index contributed by atoms with van der Waals surface area (Å²) in [7, 11) is 0. The lowest BCUT2D eigenvalue weighted by atomic mass is 10.0. The van der Waals surface area contributed by atoms with Gasteiger partial charge in [0.15, 0.2) is 0 Å². The Bertz CT molecular complexity index is 787. The highest BCUT2D eigenvalue weighted by atomic mass is 32.1. The number of fused-ring (bicyclic) bond motifs is 1. The lowest BCUT2D eigenvalue weighted by Crippen LogP contribution is -2.35. The van der Waals surface area contributed by atoms with Crippen molar-refractivity contribution in [2.75, 3.05) is 16.8 Å². The number of para-hydroxylation sites is 1. The second-order valence-corrected chi connectivity index (χ2v) is 7.99. The topological polar surface area (TPSA) is 75.2 Å². The molecule has 0 atom stereocenters. The van der Waals surface area contributed by atoms with E-state index in [1.807, 2.05) is 18.2 Å². The Labute approximate surface area is 157 Å². The number of anilines is 2. The monoisotopic (exact) mass is 372 g/mol. The summed E-state index contributed by atoms with van der Waals surface area (Å²) < 4.78 is 0. The fourth-order valence-corrected chi connectivity index (χ4v) is 4.03. The van der Waals surface area contributed by atoms with Gasteiger partial charge in [-0.1, -0.05) is 43.4 Å². The summed E-state index contributed by atoms with van der Waals surface area (Å²) in [5, 5.41) is 12.2. The number of hydrogen-bond acceptors (Lipinski definition) is 5. The smallest absolute Gasteiger partial charge is 0.227 e. The molecule has 0 saturated heterocycles. The summed E-state index contributed by atoms with van der Waals surface area (Å²) in [5.41, 5.74) is 2.18. The summed E-state index contributed by atoms with van der Waals surface area (Å²) in [5.74, 6) is 0.289. The molecule has 2 aromatic rings. The molecule has 7 heteroatoms. The number of carbonyl (C=O) groups is 2. The standard InChI is InChI=1S/C19H24N4O2S/c1-13(2)12-17-21-22-19(26-17)20-16(24)9-10-18(25)23-11-5-7-14-6-3-4-8-15(14)23/h3-4,6,8,13H,5,7,9-12H2,1-2H3,(H,20,22,24). The summed E-state index contributed by atoms with van der Waals surface area (Å²) in [4.78, 5) is 26.5. The van der Waals surface area contributed by atoms with Crippen LogP contribution in [0.4, 0.5) is 10.8 Å². The van der Waals surface area contributed by atoms with Crippen LogP contribution < -0.4 is 10.2 Å². The zero-order valence-corrected chi connectivity index (χ0v) is 16.0. The lowest BCUT2D eigenvalue weighted by molar-refractivity contribution is -0.122. The van der Waals surface area contributed by atoms with Crippen LogP contribution in [0.1, 0.15) is 43.7 Å². The van der Waals surface area contributed by atoms with Crippen LogP contribution in [0.2, 0.25) is 0 Å². The van der Waals surface area contributed by atoms with Crippen LogP contribution in [0.25, 0.3) is 0 Å². The summed E-state index contributed by atoms with van der Waals surface area (Å²) >= 11 is 1.39. The third-order valence-electron chi connectivity index (χ3n) is 4.27. The maximum atomic E-state index is 12.6. The Hall–Kier alpha value is -2.28. The third-order valence-corrected chi connectivity index (χ3v) is 5.13. The number of aromatic nitrogens is 2. The van der Waals surface area contributed by atoms with Gasteiger partial charge in [0.25, 0.3) is 0 Å². The van der Waals surface area contributed by atoms with Crippen molar-refractivity contribution in [2.45, 2.75) is 46.0 Å². The average Bonchev–Trinajstić information content (AvgIpc) is 3.05. The predicted octanol–water partition coefficient (Wildman–Crippen LogP) is 3.43. The highest BCUT2D eigenvalue weighted by molar-refractivity contribution is 7.15. The van der Waals surface area contributed by atoms with E-state index >= 15 is 0 Å². The number of carbonyl (C=O) groups excluding carboxylic acids is 2. The first-order chi connectivity index (χ1) is 12.5. The van der Waals surface area contributed by atoms with Crippen LogP contribution in [0.15, 0.2) is 24.3 Å². The normalized spacial score (nSPS) is 13.6. The van der Waals surface area contributed by atoms with Gasteiger partial charge >= 0.3 is 0 Å². The van der Waals surface area contributed by atoms with E-state index in [4.69, 9.17) is 0 Å². The van der Waals surface area contributed by atoms with Crippen LogP contribution in [0.3, 0.4) is 0 Å². The molecule has 26 heavy (non-hydrogen) atoms. The molecule has 0 unspecified atom stereocenters. The first kappa shape index (κ1) is 18.5. The minimum Gasteiger partial charge on any atom is -0.312 e. The van der Waals surface area contributed by atoms with E-state index in [0.29, 0.717) is 17.6 Å². The summed E-state index contributed by atoms with van der Waals surface area (Å²) in [6, 6.07) is 7.98. The lowest BCUT2D eigenvalue weighted by Gasteiger charge is -2.29. The number of nitrogens with one attached hydrogen (secondary N) is 1. The quantitative estimate of drug-likeness (QED) is 0.843. The molecule has 2 heterocycles. The highest BCUT2D eigenvalue weighted by Crippen LogP contribution is 2.27. The molecule has 138 valence electrons. The molecule has 0 fully saturated rings. The number of hydrogen-bond donors (Lipinski definition) is 1. The van der Waals surface area contributed by atoms with Crippen molar-refractivity contribution in [3.8, 4) is 0 Å². The van der Waals surface area contributed by atoms with E-state index in [-0.39, 0.29) is 24.7 Å². The number of rotatable bonds is 6. The average molecular weight is 372 g/mol. The van der Waals surface area contributed by atoms with Gasteiger partial charge in [0.05, 0.1) is 0 Å². The first-order valence-electron chi connectivity index (χ1n) is 9.03. The second kappa shape index (κ2) is 8.40. The van der Waals surface area contributed by atoms with Gasteiger partial charge < -0.3 is 10.2 Å². The van der Waals surface area contributed by atoms with E-state index in [2.05, 4.69) is 35.4 Å². The maximum Gasteiger partial charge on any atom is 0.227 e. The maximum absolute atomic E-state index is 12.6. The number of amides is 2. The predicted molar refractivity (Wildman–Crippen MR) is 103 cm³/mol. The molecule has 6 nitrogen and oxygen atoms in total. The molecular weight excluding hydrogens is 348 g/mol. The molecule has 0 bridgehead atoms. The van der Waals surface area contributed by atoms with Crippen molar-refractivity contribution in [2.24, 2.45) is 5.92 Å². The molecule has 1 aromatic carbocycles. The Morgan fingerprint density at radius 3 is 2.85 bits per heavy atom. The number of aryl methyl sites for hydroxylation is 1. The largest absolute Gasteiger partial charge is 0.312 e. The van der Waals surface area contributed by atoms with E-state index in [1.54, 1.807) is 4.90 Å². The van der Waals surface area contributed by atoms with Gasteiger partial charge in [-0.25, -0.2) is 0 Å². The fraction of sp³-hybridized carbons (Fsp3) is 0.474. The molecule has 1 aliphatic rings. The third kappa shape index (κ3) is 4.66. The summed E-state index contributed by atoms with van der Waals surface area (Å²) in [6.45, 7) is 4.94. The minimum atomic E-state index is -0.198. The van der Waals surface area contributed by atoms with Gasteiger partial charge in [0, 0.05) is 31.5 Å². The molecule has 3 rings (SSSR count). The van der Waals surface area contributed by atoms with Crippen LogP contribution in [0.5, 0.6) is 0 Å². The molecule has 2 amide bonds. The van der Waals surface area contributed by atoms with E-state index in [9.17, 15) is 9.59 Å². The van der Waals surface area contributed by atoms with Gasteiger partial charge in [-0.2, -0.15) is 0 Å². The Kier molecular flexibility index (Phi) is 5.98. The van der Waals surface area contributed by atoms with Gasteiger partial charge in [0.2, 0.25) is 16.9 Å². The van der Waals surface area contributed by atoms with Gasteiger partial charge in [0.1, 0.15) is 5.01 Å². The van der Waals surface area contributed by atoms with Crippen molar-refractivity contribution in [1.29, 1.82) is 0 Å². The molecule has 0 spiro atoms. The van der Waals surface area contributed by atoms with Crippen LogP contribution >= 0.6 is 11.3 Å². The van der Waals surface area contributed by atoms with Crippen LogP contribution in [-0.2, 0) is 22.4 Å². The van der Waals surface area contributed by atoms with Crippen LogP contribution in [-0.4, -0.2) is 28.6 Å². The summed E-state index contributed by atoms with van der Waals surface area (Å²) in [6.07, 6.45) is 3.14. The molecule has 1 N–H and O–H groups in total. The van der Waals surface area contributed by atoms with Crippen molar-refractivity contribution in [3.05, 3.63) is 34.8 Å². The molecule has 1 aromatic heterocycles. The van der Waals surface area contributed by atoms with Crippen molar-refractivity contribution >= 4 is 34.0 Å². The van der Waals surface area contributed by atoms with Gasteiger partial charge in [-0.05, 0) is 30.4 Å².